The first-order valence-electron chi connectivity index (χ1n) is 6.40. The molecule has 1 aromatic carbocycles. The molecule has 0 aromatic heterocycles. The Balaban J connectivity index is 1.95. The number of fused-ring (bicyclic) bond motifs is 1. The molecular formula is C15H17NO2S. The van der Waals surface area contributed by atoms with Crippen molar-refractivity contribution >= 4 is 11.8 Å². The van der Waals surface area contributed by atoms with Crippen molar-refractivity contribution in [2.24, 2.45) is 0 Å². The molecule has 0 spiro atoms. The fourth-order valence-electron chi connectivity index (χ4n) is 2.54. The van der Waals surface area contributed by atoms with E-state index < -0.39 is 0 Å². The number of aliphatic hydroxyl groups is 1. The van der Waals surface area contributed by atoms with Crippen LogP contribution in [0.25, 0.3) is 0 Å². The van der Waals surface area contributed by atoms with Gasteiger partial charge in [-0.15, -0.1) is 11.8 Å². The van der Waals surface area contributed by atoms with Crippen LogP contribution in [0.5, 0.6) is 0 Å². The quantitative estimate of drug-likeness (QED) is 0.841. The van der Waals surface area contributed by atoms with Gasteiger partial charge in [0.05, 0.1) is 12.3 Å². The molecule has 3 nitrogen and oxygen atoms in total. The molecule has 4 heteroatoms. The first-order chi connectivity index (χ1) is 9.29. The van der Waals surface area contributed by atoms with Gasteiger partial charge in [0.25, 0.3) is 0 Å². The van der Waals surface area contributed by atoms with E-state index >= 15 is 0 Å². The second-order valence-corrected chi connectivity index (χ2v) is 5.52. The van der Waals surface area contributed by atoms with Gasteiger partial charge in [0, 0.05) is 18.0 Å². The molecule has 0 saturated carbocycles. The molecular weight excluding hydrogens is 258 g/mol. The molecule has 19 heavy (non-hydrogen) atoms. The van der Waals surface area contributed by atoms with E-state index in [0.29, 0.717) is 12.4 Å². The summed E-state index contributed by atoms with van der Waals surface area (Å²) in [6, 6.07) is 8.36. The minimum absolute atomic E-state index is 0.158. The lowest BCUT2D eigenvalue weighted by Gasteiger charge is -2.38. The monoisotopic (exact) mass is 275 g/mol. The van der Waals surface area contributed by atoms with Crippen molar-refractivity contribution in [3.63, 3.8) is 0 Å². The molecule has 0 aliphatic carbocycles. The molecule has 1 atom stereocenters. The highest BCUT2D eigenvalue weighted by Crippen LogP contribution is 2.35. The van der Waals surface area contributed by atoms with Crippen molar-refractivity contribution in [2.45, 2.75) is 11.0 Å². The summed E-state index contributed by atoms with van der Waals surface area (Å²) in [7, 11) is 0. The molecule has 1 fully saturated rings. The van der Waals surface area contributed by atoms with E-state index in [1.165, 1.54) is 4.90 Å². The summed E-state index contributed by atoms with van der Waals surface area (Å²) < 4.78 is 5.88. The molecule has 2 aliphatic heterocycles. The van der Waals surface area contributed by atoms with Gasteiger partial charge >= 0.3 is 0 Å². The number of morpholine rings is 1. The second-order valence-electron chi connectivity index (χ2n) is 4.64. The molecule has 2 heterocycles. The van der Waals surface area contributed by atoms with Crippen LogP contribution in [0, 0.1) is 0 Å². The fourth-order valence-corrected chi connectivity index (χ4v) is 2.95. The fraction of sp³-hybridized carbons (Fsp3) is 0.333. The highest BCUT2D eigenvalue weighted by molar-refractivity contribution is 7.98. The van der Waals surface area contributed by atoms with E-state index in [4.69, 9.17) is 4.74 Å². The van der Waals surface area contributed by atoms with Crippen molar-refractivity contribution in [3.8, 4) is 0 Å². The predicted octanol–water partition coefficient (Wildman–Crippen LogP) is 3.12. The minimum Gasteiger partial charge on any atom is -0.506 e. The number of benzene rings is 1. The normalized spacial score (nSPS) is 22.6. The second kappa shape index (κ2) is 5.31. The van der Waals surface area contributed by atoms with E-state index in [1.54, 1.807) is 17.8 Å². The Bertz CT molecular complexity index is 521. The smallest absolute Gasteiger partial charge is 0.137 e. The molecule has 2 aliphatic rings. The van der Waals surface area contributed by atoms with Gasteiger partial charge in [-0.1, -0.05) is 18.2 Å². The zero-order valence-corrected chi connectivity index (χ0v) is 11.7. The molecule has 1 N–H and O–H groups in total. The van der Waals surface area contributed by atoms with E-state index in [2.05, 4.69) is 35.4 Å². The lowest BCUT2D eigenvalue weighted by Crippen LogP contribution is -2.38. The molecule has 100 valence electrons. The van der Waals surface area contributed by atoms with Crippen LogP contribution in [0.4, 0.5) is 0 Å². The van der Waals surface area contributed by atoms with Crippen LogP contribution in [-0.2, 0) is 4.74 Å². The van der Waals surface area contributed by atoms with Crippen LogP contribution in [0.2, 0.25) is 0 Å². The van der Waals surface area contributed by atoms with E-state index in [9.17, 15) is 5.11 Å². The van der Waals surface area contributed by atoms with Crippen LogP contribution in [-0.4, -0.2) is 36.0 Å². The molecule has 0 bridgehead atoms. The molecule has 1 saturated heterocycles. The maximum absolute atomic E-state index is 10.1. The number of allylic oxidation sites excluding steroid dienone is 1. The Morgan fingerprint density at radius 3 is 2.84 bits per heavy atom. The first-order valence-corrected chi connectivity index (χ1v) is 7.62. The summed E-state index contributed by atoms with van der Waals surface area (Å²) in [6.45, 7) is 2.38. The van der Waals surface area contributed by atoms with Crippen LogP contribution >= 0.6 is 11.8 Å². The first kappa shape index (κ1) is 12.6. The summed E-state index contributed by atoms with van der Waals surface area (Å²) in [6.07, 6.45) is 5.66. The van der Waals surface area contributed by atoms with Gasteiger partial charge in [0.2, 0.25) is 0 Å². The van der Waals surface area contributed by atoms with Gasteiger partial charge in [-0.2, -0.15) is 0 Å². The lowest BCUT2D eigenvalue weighted by molar-refractivity contribution is 0.00389. The third-order valence-electron chi connectivity index (χ3n) is 3.52. The molecule has 3 rings (SSSR count). The molecule has 0 amide bonds. The van der Waals surface area contributed by atoms with Crippen molar-refractivity contribution in [3.05, 3.63) is 53.4 Å². The Morgan fingerprint density at radius 1 is 1.32 bits per heavy atom. The number of rotatable bonds is 2. The average molecular weight is 275 g/mol. The largest absolute Gasteiger partial charge is 0.506 e. The van der Waals surface area contributed by atoms with E-state index in [0.717, 1.165) is 24.4 Å². The Labute approximate surface area is 117 Å². The van der Waals surface area contributed by atoms with Crippen molar-refractivity contribution in [1.29, 1.82) is 0 Å². The predicted molar refractivity (Wildman–Crippen MR) is 77.3 cm³/mol. The zero-order chi connectivity index (χ0) is 13.2. The van der Waals surface area contributed by atoms with Crippen LogP contribution in [0.1, 0.15) is 11.7 Å². The topological polar surface area (TPSA) is 32.7 Å². The summed E-state index contributed by atoms with van der Waals surface area (Å²) in [5.74, 6) is 0.324. The third-order valence-corrected chi connectivity index (χ3v) is 4.26. The maximum Gasteiger partial charge on any atom is 0.137 e. The van der Waals surface area contributed by atoms with Crippen molar-refractivity contribution < 1.29 is 9.84 Å². The van der Waals surface area contributed by atoms with Crippen molar-refractivity contribution in [2.75, 3.05) is 26.0 Å². The molecule has 1 unspecified atom stereocenters. The molecule has 0 radical (unpaired) electrons. The Kier molecular flexibility index (Phi) is 3.53. The van der Waals surface area contributed by atoms with Gasteiger partial charge in [-0.05, 0) is 30.0 Å². The Morgan fingerprint density at radius 2 is 2.11 bits per heavy atom. The summed E-state index contributed by atoms with van der Waals surface area (Å²) >= 11 is 1.72. The summed E-state index contributed by atoms with van der Waals surface area (Å²) in [5, 5.41) is 10.1. The molecule has 1 aromatic rings. The van der Waals surface area contributed by atoms with E-state index in [1.807, 2.05) is 6.08 Å². The van der Waals surface area contributed by atoms with Crippen LogP contribution in [0.15, 0.2) is 52.8 Å². The summed E-state index contributed by atoms with van der Waals surface area (Å²) in [5.41, 5.74) is 1.99. The SMILES string of the molecule is CSc1ccc(C2OCCN3CC=CC(O)=C23)cc1. The van der Waals surface area contributed by atoms with Gasteiger partial charge in [0.1, 0.15) is 11.9 Å². The third kappa shape index (κ3) is 2.38. The van der Waals surface area contributed by atoms with Gasteiger partial charge in [-0.3, -0.25) is 0 Å². The highest BCUT2D eigenvalue weighted by Gasteiger charge is 2.30. The average Bonchev–Trinajstić information content (AvgIpc) is 2.47. The number of ether oxygens (including phenoxy) is 1. The lowest BCUT2D eigenvalue weighted by atomic mass is 10.0. The van der Waals surface area contributed by atoms with Gasteiger partial charge in [-0.25, -0.2) is 0 Å². The Hall–Kier alpha value is -1.39. The highest BCUT2D eigenvalue weighted by atomic mass is 32.2. The number of hydrogen-bond acceptors (Lipinski definition) is 4. The standard InChI is InChI=1S/C15H17NO2S/c1-19-12-6-4-11(5-7-12)15-14-13(17)3-2-8-16(14)9-10-18-15/h2-7,15,17H,8-10H2,1H3. The number of nitrogens with zero attached hydrogens (tertiary/aromatic N) is 1. The summed E-state index contributed by atoms with van der Waals surface area (Å²) in [4.78, 5) is 3.42. The van der Waals surface area contributed by atoms with E-state index in [-0.39, 0.29) is 6.10 Å². The minimum atomic E-state index is -0.158. The van der Waals surface area contributed by atoms with Crippen molar-refractivity contribution in [1.82, 2.24) is 4.90 Å². The number of aliphatic hydroxyl groups excluding tert-OH is 1. The zero-order valence-electron chi connectivity index (χ0n) is 10.9. The van der Waals surface area contributed by atoms with Crippen LogP contribution in [0.3, 0.4) is 0 Å². The number of hydrogen-bond donors (Lipinski definition) is 1. The van der Waals surface area contributed by atoms with Gasteiger partial charge < -0.3 is 14.7 Å². The van der Waals surface area contributed by atoms with Gasteiger partial charge in [0.15, 0.2) is 0 Å². The van der Waals surface area contributed by atoms with Crippen LogP contribution < -0.4 is 0 Å². The number of thioether (sulfide) groups is 1. The maximum atomic E-state index is 10.1.